The van der Waals surface area contributed by atoms with Crippen LogP contribution < -0.4 is 10.2 Å². The number of rotatable bonds is 4. The van der Waals surface area contributed by atoms with E-state index in [1.807, 2.05) is 30.1 Å². The minimum absolute atomic E-state index is 0.113. The lowest BCUT2D eigenvalue weighted by Gasteiger charge is -2.27. The lowest BCUT2D eigenvalue weighted by Crippen LogP contribution is -2.37. The van der Waals surface area contributed by atoms with E-state index in [-0.39, 0.29) is 18.0 Å². The largest absolute Gasteiger partial charge is 0.364 e. The molecule has 2 aliphatic rings. The van der Waals surface area contributed by atoms with Crippen LogP contribution in [-0.2, 0) is 0 Å². The average molecular weight is 443 g/mol. The minimum Gasteiger partial charge on any atom is -0.364 e. The number of pyridine rings is 1. The van der Waals surface area contributed by atoms with Crippen molar-refractivity contribution < 1.29 is 13.6 Å². The number of hydrogen-bond acceptors (Lipinski definition) is 4. The van der Waals surface area contributed by atoms with Crippen molar-refractivity contribution >= 4 is 28.9 Å². The predicted octanol–water partition coefficient (Wildman–Crippen LogP) is 4.58. The molecule has 1 unspecified atom stereocenters. The molecule has 2 fully saturated rings. The summed E-state index contributed by atoms with van der Waals surface area (Å²) < 4.78 is 29.9. The van der Waals surface area contributed by atoms with Crippen molar-refractivity contribution in [2.24, 2.45) is 0 Å². The van der Waals surface area contributed by atoms with Crippen molar-refractivity contribution in [2.75, 3.05) is 23.0 Å². The average Bonchev–Trinajstić information content (AvgIpc) is 3.43. The van der Waals surface area contributed by atoms with Crippen molar-refractivity contribution in [1.82, 2.24) is 14.9 Å². The van der Waals surface area contributed by atoms with Gasteiger partial charge in [-0.2, -0.15) is 16.9 Å². The summed E-state index contributed by atoms with van der Waals surface area (Å²) in [5.74, 6) is 1.19. The van der Waals surface area contributed by atoms with E-state index in [1.54, 1.807) is 10.7 Å². The van der Waals surface area contributed by atoms with Gasteiger partial charge in [0.1, 0.15) is 11.6 Å². The third-order valence-electron chi connectivity index (χ3n) is 6.21. The molecule has 0 spiro atoms. The van der Waals surface area contributed by atoms with Crippen LogP contribution in [0, 0.1) is 11.6 Å². The van der Waals surface area contributed by atoms with Gasteiger partial charge in [0.05, 0.1) is 23.3 Å². The molecule has 162 valence electrons. The number of nitrogens with one attached hydrogen (secondary N) is 1. The number of nitrogens with zero attached hydrogens (tertiary/aromatic N) is 3. The Labute approximate surface area is 183 Å². The van der Waals surface area contributed by atoms with E-state index in [4.69, 9.17) is 0 Å². The molecule has 8 heteroatoms. The van der Waals surface area contributed by atoms with E-state index < -0.39 is 11.6 Å². The number of aromatic nitrogens is 2. The van der Waals surface area contributed by atoms with Crippen molar-refractivity contribution in [3.8, 4) is 0 Å². The molecule has 2 aromatic heterocycles. The van der Waals surface area contributed by atoms with Gasteiger partial charge in [-0.1, -0.05) is 0 Å². The van der Waals surface area contributed by atoms with Gasteiger partial charge in [-0.25, -0.2) is 13.3 Å². The summed E-state index contributed by atoms with van der Waals surface area (Å²) in [5, 5.41) is 7.47. The summed E-state index contributed by atoms with van der Waals surface area (Å²) >= 11 is 1.92. The predicted molar refractivity (Wildman–Crippen MR) is 119 cm³/mol. The minimum atomic E-state index is -0.436. The number of amides is 1. The Morgan fingerprint density at radius 2 is 1.97 bits per heavy atom. The maximum atomic E-state index is 14.4. The van der Waals surface area contributed by atoms with E-state index in [9.17, 15) is 13.6 Å². The van der Waals surface area contributed by atoms with Gasteiger partial charge in [-0.15, -0.1) is 0 Å². The standard InChI is InChI=1S/C23H24F2N4OS/c24-15-3-4-20(25)18(12-15)21-2-1-8-28(21)17-5-9-29-22(13-17)19(14-26-29)23(30)27-16-6-10-31-11-7-16/h3-5,9,12-14,16,21H,1-2,6-8,10-11H2,(H,27,30). The number of benzene rings is 1. The molecule has 1 atom stereocenters. The summed E-state index contributed by atoms with van der Waals surface area (Å²) in [5.41, 5.74) is 2.50. The number of halogens is 2. The van der Waals surface area contributed by atoms with Gasteiger partial charge in [0.2, 0.25) is 0 Å². The molecule has 2 saturated heterocycles. The first kappa shape index (κ1) is 20.3. The molecule has 4 heterocycles. The van der Waals surface area contributed by atoms with Crippen LogP contribution in [0.5, 0.6) is 0 Å². The van der Waals surface area contributed by atoms with Crippen LogP contribution in [-0.4, -0.2) is 39.6 Å². The molecule has 0 saturated carbocycles. The molecule has 1 aromatic carbocycles. The van der Waals surface area contributed by atoms with Crippen molar-refractivity contribution in [1.29, 1.82) is 0 Å². The molecular formula is C23H24F2N4OS. The summed E-state index contributed by atoms with van der Waals surface area (Å²) in [7, 11) is 0. The Balaban J connectivity index is 1.44. The van der Waals surface area contributed by atoms with Crippen LogP contribution in [0.15, 0.2) is 42.7 Å². The van der Waals surface area contributed by atoms with Crippen LogP contribution in [0.4, 0.5) is 14.5 Å². The van der Waals surface area contributed by atoms with Crippen LogP contribution in [0.3, 0.4) is 0 Å². The second-order valence-electron chi connectivity index (χ2n) is 8.15. The maximum Gasteiger partial charge on any atom is 0.255 e. The topological polar surface area (TPSA) is 49.6 Å². The second kappa shape index (κ2) is 8.49. The molecule has 0 bridgehead atoms. The first-order valence-electron chi connectivity index (χ1n) is 10.7. The highest BCUT2D eigenvalue weighted by Crippen LogP contribution is 2.38. The van der Waals surface area contributed by atoms with Gasteiger partial charge in [-0.05, 0) is 67.5 Å². The summed E-state index contributed by atoms with van der Waals surface area (Å²) in [6, 6.07) is 7.42. The van der Waals surface area contributed by atoms with Crippen LogP contribution in [0.1, 0.15) is 47.6 Å². The highest BCUT2D eigenvalue weighted by atomic mass is 32.2. The quantitative estimate of drug-likeness (QED) is 0.643. The number of carbonyl (C=O) groups excluding carboxylic acids is 1. The summed E-state index contributed by atoms with van der Waals surface area (Å²) in [6.45, 7) is 0.742. The lowest BCUT2D eigenvalue weighted by molar-refractivity contribution is 0.0936. The third-order valence-corrected chi connectivity index (χ3v) is 7.26. The number of thioether (sulfide) groups is 1. The first-order chi connectivity index (χ1) is 15.1. The zero-order chi connectivity index (χ0) is 21.4. The molecule has 5 rings (SSSR count). The molecule has 0 aliphatic carbocycles. The zero-order valence-corrected chi connectivity index (χ0v) is 17.9. The van der Waals surface area contributed by atoms with Crippen molar-refractivity contribution in [3.05, 3.63) is 65.5 Å². The van der Waals surface area contributed by atoms with Crippen LogP contribution in [0.25, 0.3) is 5.52 Å². The smallest absolute Gasteiger partial charge is 0.255 e. The van der Waals surface area contributed by atoms with Gasteiger partial charge in [-0.3, -0.25) is 4.79 Å². The highest BCUT2D eigenvalue weighted by Gasteiger charge is 2.29. The Bertz CT molecular complexity index is 1110. The van der Waals surface area contributed by atoms with Crippen molar-refractivity contribution in [2.45, 2.75) is 37.8 Å². The maximum absolute atomic E-state index is 14.4. The lowest BCUT2D eigenvalue weighted by atomic mass is 10.0. The molecular weight excluding hydrogens is 418 g/mol. The fraction of sp³-hybridized carbons (Fsp3) is 0.391. The normalized spacial score (nSPS) is 19.8. The van der Waals surface area contributed by atoms with Crippen LogP contribution >= 0.6 is 11.8 Å². The second-order valence-corrected chi connectivity index (χ2v) is 9.38. The Hall–Kier alpha value is -2.61. The number of fused-ring (bicyclic) bond motifs is 1. The molecule has 0 radical (unpaired) electrons. The SMILES string of the molecule is O=C(NC1CCSCC1)c1cnn2ccc(N3CCCC3c3cc(F)ccc3F)cc12. The van der Waals surface area contributed by atoms with E-state index >= 15 is 0 Å². The molecule has 5 nitrogen and oxygen atoms in total. The molecule has 3 aromatic rings. The van der Waals surface area contributed by atoms with Crippen molar-refractivity contribution in [3.63, 3.8) is 0 Å². The van der Waals surface area contributed by atoms with Crippen LogP contribution in [0.2, 0.25) is 0 Å². The Morgan fingerprint density at radius 1 is 1.13 bits per heavy atom. The summed E-state index contributed by atoms with van der Waals surface area (Å²) in [6.07, 6.45) is 7.01. The molecule has 31 heavy (non-hydrogen) atoms. The van der Waals surface area contributed by atoms with Gasteiger partial charge >= 0.3 is 0 Å². The molecule has 2 aliphatic heterocycles. The first-order valence-corrected chi connectivity index (χ1v) is 11.8. The van der Waals surface area contributed by atoms with Gasteiger partial charge in [0.25, 0.3) is 5.91 Å². The van der Waals surface area contributed by atoms with E-state index in [0.29, 0.717) is 16.6 Å². The molecule has 1 N–H and O–H groups in total. The van der Waals surface area contributed by atoms with Gasteiger partial charge in [0, 0.05) is 30.0 Å². The number of carbonyl (C=O) groups is 1. The monoisotopic (exact) mass is 442 g/mol. The Kier molecular flexibility index (Phi) is 5.56. The zero-order valence-electron chi connectivity index (χ0n) is 17.1. The van der Waals surface area contributed by atoms with E-state index in [1.165, 1.54) is 12.1 Å². The fourth-order valence-electron chi connectivity index (χ4n) is 4.60. The van der Waals surface area contributed by atoms with Gasteiger partial charge in [0.15, 0.2) is 0 Å². The van der Waals surface area contributed by atoms with Gasteiger partial charge < -0.3 is 10.2 Å². The van der Waals surface area contributed by atoms with E-state index in [0.717, 1.165) is 55.5 Å². The third kappa shape index (κ3) is 4.01. The highest BCUT2D eigenvalue weighted by molar-refractivity contribution is 7.99. The fourth-order valence-corrected chi connectivity index (χ4v) is 5.70. The molecule has 1 amide bonds. The summed E-state index contributed by atoms with van der Waals surface area (Å²) in [4.78, 5) is 15.0. The number of hydrogen-bond donors (Lipinski definition) is 1. The van der Waals surface area contributed by atoms with E-state index in [2.05, 4.69) is 15.3 Å². The number of anilines is 1. The Morgan fingerprint density at radius 3 is 2.81 bits per heavy atom.